The van der Waals surface area contributed by atoms with E-state index in [2.05, 4.69) is 9.97 Å². The minimum absolute atomic E-state index is 0.188. The van der Waals surface area contributed by atoms with Gasteiger partial charge in [-0.05, 0) is 29.8 Å². The summed E-state index contributed by atoms with van der Waals surface area (Å²) in [6, 6.07) is 19.2. The first-order valence-electron chi connectivity index (χ1n) is 7.42. The fourth-order valence-corrected chi connectivity index (χ4v) is 2.89. The Morgan fingerprint density at radius 1 is 0.917 bits per heavy atom. The number of carbonyl (C=O) groups excluding carboxylic acids is 1. The topological polar surface area (TPSA) is 47.8 Å². The Morgan fingerprint density at radius 2 is 1.67 bits per heavy atom. The van der Waals surface area contributed by atoms with Crippen LogP contribution in [0.1, 0.15) is 10.4 Å². The van der Waals surface area contributed by atoms with Gasteiger partial charge in [-0.15, -0.1) is 0 Å². The normalized spacial score (nSPS) is 10.9. The number of fused-ring (bicyclic) bond motifs is 1. The highest BCUT2D eigenvalue weighted by molar-refractivity contribution is 6.28. The second kappa shape index (κ2) is 5.91. The van der Waals surface area contributed by atoms with Crippen LogP contribution in [-0.2, 0) is 0 Å². The molecule has 0 saturated carbocycles. The first-order chi connectivity index (χ1) is 11.8. The van der Waals surface area contributed by atoms with E-state index in [9.17, 15) is 4.79 Å². The Bertz CT molecular complexity index is 1020. The van der Waals surface area contributed by atoms with Gasteiger partial charge in [-0.1, -0.05) is 42.5 Å². The van der Waals surface area contributed by atoms with Crippen molar-refractivity contribution in [1.29, 1.82) is 0 Å². The van der Waals surface area contributed by atoms with Gasteiger partial charge in [0.2, 0.25) is 5.28 Å². The number of nitrogens with zero attached hydrogens (tertiary/aromatic N) is 3. The molecule has 0 N–H and O–H groups in total. The molecule has 4 aromatic rings. The van der Waals surface area contributed by atoms with E-state index in [1.54, 1.807) is 12.1 Å². The molecule has 0 aliphatic heterocycles. The van der Waals surface area contributed by atoms with Gasteiger partial charge >= 0.3 is 0 Å². The average molecular weight is 334 g/mol. The highest BCUT2D eigenvalue weighted by atomic mass is 35.5. The van der Waals surface area contributed by atoms with Crippen LogP contribution in [0.3, 0.4) is 0 Å². The molecular formula is C19H12ClN3O. The molecule has 0 radical (unpaired) electrons. The maximum atomic E-state index is 10.8. The van der Waals surface area contributed by atoms with Crippen LogP contribution in [0.25, 0.3) is 28.0 Å². The maximum Gasteiger partial charge on any atom is 0.224 e. The Kier molecular flexibility index (Phi) is 3.59. The van der Waals surface area contributed by atoms with Crippen LogP contribution in [0.4, 0.5) is 0 Å². The van der Waals surface area contributed by atoms with Gasteiger partial charge < -0.3 is 4.57 Å². The van der Waals surface area contributed by atoms with E-state index in [1.807, 2.05) is 59.3 Å². The SMILES string of the molecule is O=Cc1ccc(-c2nc(Cl)nc3c2ccn3-c2ccccc2)cc1. The minimum atomic E-state index is 0.188. The molecule has 24 heavy (non-hydrogen) atoms. The summed E-state index contributed by atoms with van der Waals surface area (Å²) in [4.78, 5) is 19.6. The fraction of sp³-hybridized carbons (Fsp3) is 0. The summed E-state index contributed by atoms with van der Waals surface area (Å²) in [5.74, 6) is 0. The molecule has 5 heteroatoms. The van der Waals surface area contributed by atoms with Crippen LogP contribution >= 0.6 is 11.6 Å². The van der Waals surface area contributed by atoms with Crippen LogP contribution in [0.5, 0.6) is 0 Å². The van der Waals surface area contributed by atoms with Crippen molar-refractivity contribution in [3.63, 3.8) is 0 Å². The smallest absolute Gasteiger partial charge is 0.224 e. The van der Waals surface area contributed by atoms with Crippen LogP contribution < -0.4 is 0 Å². The number of hydrogen-bond acceptors (Lipinski definition) is 3. The second-order valence-electron chi connectivity index (χ2n) is 5.34. The van der Waals surface area contributed by atoms with Gasteiger partial charge in [0.25, 0.3) is 0 Å². The largest absolute Gasteiger partial charge is 0.301 e. The fourth-order valence-electron chi connectivity index (χ4n) is 2.72. The van der Waals surface area contributed by atoms with Gasteiger partial charge in [0.05, 0.1) is 5.69 Å². The number of halogens is 1. The molecule has 2 aromatic carbocycles. The third-order valence-corrected chi connectivity index (χ3v) is 4.04. The van der Waals surface area contributed by atoms with E-state index in [0.29, 0.717) is 5.56 Å². The lowest BCUT2D eigenvalue weighted by Crippen LogP contribution is -1.96. The molecule has 116 valence electrons. The third-order valence-electron chi connectivity index (χ3n) is 3.87. The highest BCUT2D eigenvalue weighted by Crippen LogP contribution is 2.29. The Labute approximate surface area is 143 Å². The molecule has 0 aliphatic carbocycles. The summed E-state index contributed by atoms with van der Waals surface area (Å²) in [5.41, 5.74) is 4.01. The van der Waals surface area contributed by atoms with Crippen molar-refractivity contribution in [3.8, 4) is 16.9 Å². The van der Waals surface area contributed by atoms with Crippen molar-refractivity contribution < 1.29 is 4.79 Å². The molecule has 0 atom stereocenters. The van der Waals surface area contributed by atoms with Gasteiger partial charge in [-0.25, -0.2) is 4.98 Å². The molecule has 0 aliphatic rings. The number of para-hydroxylation sites is 1. The summed E-state index contributed by atoms with van der Waals surface area (Å²) in [5, 5.41) is 1.09. The van der Waals surface area contributed by atoms with Crippen LogP contribution in [0.2, 0.25) is 5.28 Å². The molecule has 2 aromatic heterocycles. The van der Waals surface area contributed by atoms with E-state index in [0.717, 1.165) is 34.3 Å². The van der Waals surface area contributed by atoms with Gasteiger partial charge in [0, 0.05) is 28.4 Å². The Hall–Kier alpha value is -2.98. The Balaban J connectivity index is 1.94. The first kappa shape index (κ1) is 14.6. The molecule has 4 nitrogen and oxygen atoms in total. The van der Waals surface area contributed by atoms with Gasteiger partial charge in [0.1, 0.15) is 11.9 Å². The van der Waals surface area contributed by atoms with Gasteiger partial charge in [0.15, 0.2) is 0 Å². The van der Waals surface area contributed by atoms with E-state index >= 15 is 0 Å². The van der Waals surface area contributed by atoms with E-state index in [1.165, 1.54) is 0 Å². The zero-order chi connectivity index (χ0) is 16.5. The van der Waals surface area contributed by atoms with Crippen LogP contribution in [0.15, 0.2) is 66.9 Å². The zero-order valence-corrected chi connectivity index (χ0v) is 13.3. The molecule has 4 rings (SSSR count). The quantitative estimate of drug-likeness (QED) is 0.408. The van der Waals surface area contributed by atoms with Crippen molar-refractivity contribution in [1.82, 2.24) is 14.5 Å². The summed E-state index contributed by atoms with van der Waals surface area (Å²) in [7, 11) is 0. The van der Waals surface area contributed by atoms with Crippen LogP contribution in [0, 0.1) is 0 Å². The number of hydrogen-bond donors (Lipinski definition) is 0. The lowest BCUT2D eigenvalue weighted by molar-refractivity contribution is 0.112. The lowest BCUT2D eigenvalue weighted by atomic mass is 10.1. The molecule has 0 saturated heterocycles. The number of aromatic nitrogens is 3. The lowest BCUT2D eigenvalue weighted by Gasteiger charge is -2.07. The van der Waals surface area contributed by atoms with Crippen LogP contribution in [-0.4, -0.2) is 20.8 Å². The molecule has 0 spiro atoms. The Morgan fingerprint density at radius 3 is 2.38 bits per heavy atom. The summed E-state index contributed by atoms with van der Waals surface area (Å²) in [6.07, 6.45) is 2.77. The molecule has 0 unspecified atom stereocenters. The third kappa shape index (κ3) is 2.47. The summed E-state index contributed by atoms with van der Waals surface area (Å²) >= 11 is 6.16. The van der Waals surface area contributed by atoms with Crippen molar-refractivity contribution in [2.24, 2.45) is 0 Å². The number of carbonyl (C=O) groups is 1. The maximum absolute atomic E-state index is 10.8. The van der Waals surface area contributed by atoms with Gasteiger partial charge in [-0.2, -0.15) is 4.98 Å². The monoisotopic (exact) mass is 333 g/mol. The number of benzene rings is 2. The van der Waals surface area contributed by atoms with Crippen molar-refractivity contribution >= 4 is 28.9 Å². The van der Waals surface area contributed by atoms with E-state index in [-0.39, 0.29) is 5.28 Å². The molecule has 0 fully saturated rings. The first-order valence-corrected chi connectivity index (χ1v) is 7.80. The van der Waals surface area contributed by atoms with E-state index < -0.39 is 0 Å². The molecular weight excluding hydrogens is 322 g/mol. The average Bonchev–Trinajstić information content (AvgIpc) is 3.05. The van der Waals surface area contributed by atoms with Gasteiger partial charge in [-0.3, -0.25) is 4.79 Å². The molecule has 2 heterocycles. The van der Waals surface area contributed by atoms with E-state index in [4.69, 9.17) is 11.6 Å². The predicted octanol–water partition coefficient (Wildman–Crippen LogP) is 4.55. The minimum Gasteiger partial charge on any atom is -0.301 e. The number of aldehydes is 1. The summed E-state index contributed by atoms with van der Waals surface area (Å²) in [6.45, 7) is 0. The van der Waals surface area contributed by atoms with Crippen molar-refractivity contribution in [3.05, 3.63) is 77.7 Å². The second-order valence-corrected chi connectivity index (χ2v) is 5.68. The summed E-state index contributed by atoms with van der Waals surface area (Å²) < 4.78 is 1.98. The predicted molar refractivity (Wildman–Crippen MR) is 94.7 cm³/mol. The highest BCUT2D eigenvalue weighted by Gasteiger charge is 2.13. The number of rotatable bonds is 3. The molecule has 0 amide bonds. The zero-order valence-electron chi connectivity index (χ0n) is 12.6. The van der Waals surface area contributed by atoms with Crippen molar-refractivity contribution in [2.45, 2.75) is 0 Å². The molecule has 0 bridgehead atoms. The van der Waals surface area contributed by atoms with Crippen molar-refractivity contribution in [2.75, 3.05) is 0 Å². The standard InChI is InChI=1S/C19H12ClN3O/c20-19-21-17(14-8-6-13(12-24)7-9-14)16-10-11-23(18(16)22-19)15-4-2-1-3-5-15/h1-12H.